The fraction of sp³-hybridized carbons (Fsp3) is 0.923. The van der Waals surface area contributed by atoms with Crippen LogP contribution in [0.2, 0.25) is 0 Å². The second-order valence-corrected chi connectivity index (χ2v) is 4.19. The molecule has 0 saturated heterocycles. The Bertz CT molecular complexity index is 160. The third-order valence-corrected chi connectivity index (χ3v) is 2.67. The summed E-state index contributed by atoms with van der Waals surface area (Å²) in [6, 6.07) is 2.41. The van der Waals surface area contributed by atoms with Crippen LogP contribution >= 0.6 is 0 Å². The smallest absolute Gasteiger partial charge is 0.0952 e. The van der Waals surface area contributed by atoms with Gasteiger partial charge in [0.05, 0.1) is 12.1 Å². The molecule has 15 heavy (non-hydrogen) atoms. The Labute approximate surface area is 95.1 Å². The third-order valence-electron chi connectivity index (χ3n) is 2.67. The molecule has 0 amide bonds. The molecule has 0 fully saturated rings. The van der Waals surface area contributed by atoms with Crippen molar-refractivity contribution < 1.29 is 0 Å². The van der Waals surface area contributed by atoms with Crippen molar-refractivity contribution in [2.24, 2.45) is 0 Å². The summed E-state index contributed by atoms with van der Waals surface area (Å²) in [5, 5.41) is 12.2. The molecule has 0 aromatic rings. The van der Waals surface area contributed by atoms with Gasteiger partial charge < -0.3 is 5.32 Å². The quantitative estimate of drug-likeness (QED) is 0.559. The zero-order valence-corrected chi connectivity index (χ0v) is 10.4. The van der Waals surface area contributed by atoms with Crippen LogP contribution in [0.15, 0.2) is 0 Å². The maximum absolute atomic E-state index is 8.88. The molecule has 0 heterocycles. The minimum atomic E-state index is 0.0797. The number of nitrogens with zero attached hydrogens (tertiary/aromatic N) is 1. The molecule has 0 aliphatic carbocycles. The highest BCUT2D eigenvalue weighted by molar-refractivity contribution is 4.89. The molecule has 88 valence electrons. The van der Waals surface area contributed by atoms with Crippen LogP contribution in [-0.4, -0.2) is 12.6 Å². The minimum absolute atomic E-state index is 0.0797. The molecular formula is C13H26N2. The first-order valence-electron chi connectivity index (χ1n) is 6.48. The van der Waals surface area contributed by atoms with E-state index in [0.717, 1.165) is 19.4 Å². The molecule has 1 N–H and O–H groups in total. The zero-order valence-electron chi connectivity index (χ0n) is 10.4. The molecule has 0 radical (unpaired) electrons. The van der Waals surface area contributed by atoms with E-state index < -0.39 is 0 Å². The van der Waals surface area contributed by atoms with Crippen LogP contribution in [0.5, 0.6) is 0 Å². The van der Waals surface area contributed by atoms with Gasteiger partial charge in [0.2, 0.25) is 0 Å². The normalized spacial score (nSPS) is 12.3. The Morgan fingerprint density at radius 2 is 1.67 bits per heavy atom. The van der Waals surface area contributed by atoms with Gasteiger partial charge in [0.1, 0.15) is 0 Å². The van der Waals surface area contributed by atoms with Crippen molar-refractivity contribution in [3.63, 3.8) is 0 Å². The van der Waals surface area contributed by atoms with Crippen LogP contribution < -0.4 is 5.32 Å². The van der Waals surface area contributed by atoms with Crippen LogP contribution in [0.4, 0.5) is 0 Å². The lowest BCUT2D eigenvalue weighted by atomic mass is 10.1. The number of rotatable bonds is 10. The number of unbranched alkanes of at least 4 members (excludes halogenated alkanes) is 5. The van der Waals surface area contributed by atoms with Gasteiger partial charge in [-0.3, -0.25) is 0 Å². The number of nitrogens with one attached hydrogen (secondary N) is 1. The summed E-state index contributed by atoms with van der Waals surface area (Å²) in [4.78, 5) is 0. The predicted molar refractivity (Wildman–Crippen MR) is 65.7 cm³/mol. The van der Waals surface area contributed by atoms with E-state index in [1.54, 1.807) is 0 Å². The summed E-state index contributed by atoms with van der Waals surface area (Å²) in [6.07, 6.45) is 9.82. The average molecular weight is 210 g/mol. The molecule has 2 heteroatoms. The largest absolute Gasteiger partial charge is 0.302 e. The van der Waals surface area contributed by atoms with Gasteiger partial charge in [-0.15, -0.1) is 0 Å². The minimum Gasteiger partial charge on any atom is -0.302 e. The topological polar surface area (TPSA) is 35.8 Å². The van der Waals surface area contributed by atoms with Gasteiger partial charge in [0.15, 0.2) is 0 Å². The van der Waals surface area contributed by atoms with Crippen LogP contribution in [0.25, 0.3) is 0 Å². The molecule has 1 unspecified atom stereocenters. The fourth-order valence-corrected chi connectivity index (χ4v) is 1.63. The maximum atomic E-state index is 8.88. The summed E-state index contributed by atoms with van der Waals surface area (Å²) in [5.74, 6) is 0. The van der Waals surface area contributed by atoms with Crippen LogP contribution in [-0.2, 0) is 0 Å². The Morgan fingerprint density at radius 1 is 1.00 bits per heavy atom. The highest BCUT2D eigenvalue weighted by Crippen LogP contribution is 2.03. The molecule has 0 aromatic heterocycles. The molecule has 0 aliphatic rings. The first-order valence-corrected chi connectivity index (χ1v) is 6.48. The van der Waals surface area contributed by atoms with E-state index >= 15 is 0 Å². The van der Waals surface area contributed by atoms with Crippen molar-refractivity contribution in [2.75, 3.05) is 6.54 Å². The molecule has 2 nitrogen and oxygen atoms in total. The van der Waals surface area contributed by atoms with Crippen LogP contribution in [0.1, 0.15) is 65.2 Å². The van der Waals surface area contributed by atoms with Crippen molar-refractivity contribution in [3.05, 3.63) is 0 Å². The molecule has 0 rings (SSSR count). The predicted octanol–water partition coefficient (Wildman–Crippen LogP) is 3.63. The van der Waals surface area contributed by atoms with Crippen LogP contribution in [0, 0.1) is 11.3 Å². The van der Waals surface area contributed by atoms with Crippen molar-refractivity contribution in [1.82, 2.24) is 5.32 Å². The highest BCUT2D eigenvalue weighted by Gasteiger charge is 2.04. The Balaban J connectivity index is 3.27. The lowest BCUT2D eigenvalue weighted by Gasteiger charge is -2.10. The zero-order chi connectivity index (χ0) is 11.4. The summed E-state index contributed by atoms with van der Waals surface area (Å²) < 4.78 is 0. The molecule has 0 aromatic carbocycles. The van der Waals surface area contributed by atoms with Crippen molar-refractivity contribution in [1.29, 1.82) is 5.26 Å². The van der Waals surface area contributed by atoms with E-state index in [0.29, 0.717) is 0 Å². The van der Waals surface area contributed by atoms with Crippen LogP contribution in [0.3, 0.4) is 0 Å². The second kappa shape index (κ2) is 11.5. The van der Waals surface area contributed by atoms with E-state index in [2.05, 4.69) is 25.2 Å². The van der Waals surface area contributed by atoms with Gasteiger partial charge in [0.25, 0.3) is 0 Å². The van der Waals surface area contributed by atoms with Crippen molar-refractivity contribution >= 4 is 0 Å². The van der Waals surface area contributed by atoms with Gasteiger partial charge >= 0.3 is 0 Å². The molecule has 1 atom stereocenters. The summed E-state index contributed by atoms with van der Waals surface area (Å²) >= 11 is 0. The third kappa shape index (κ3) is 9.75. The lowest BCUT2D eigenvalue weighted by molar-refractivity contribution is 0.515. The molecular weight excluding hydrogens is 184 g/mol. The lowest BCUT2D eigenvalue weighted by Crippen LogP contribution is -2.28. The Morgan fingerprint density at radius 3 is 2.27 bits per heavy atom. The Kier molecular flexibility index (Phi) is 11.1. The number of hydrogen-bond acceptors (Lipinski definition) is 2. The maximum Gasteiger partial charge on any atom is 0.0952 e. The SMILES string of the molecule is CCCCCCCNC(C#N)CCCC. The van der Waals surface area contributed by atoms with Crippen molar-refractivity contribution in [3.8, 4) is 6.07 Å². The van der Waals surface area contributed by atoms with E-state index in [1.165, 1.54) is 38.5 Å². The second-order valence-electron chi connectivity index (χ2n) is 4.19. The standard InChI is InChI=1S/C13H26N2/c1-3-5-7-8-9-11-15-13(12-14)10-6-4-2/h13,15H,3-11H2,1-2H3. The summed E-state index contributed by atoms with van der Waals surface area (Å²) in [7, 11) is 0. The Hall–Kier alpha value is -0.550. The van der Waals surface area contributed by atoms with E-state index in [1.807, 2.05) is 0 Å². The van der Waals surface area contributed by atoms with E-state index in [9.17, 15) is 0 Å². The first-order chi connectivity index (χ1) is 7.35. The summed E-state index contributed by atoms with van der Waals surface area (Å²) in [5.41, 5.74) is 0. The number of hydrogen-bond donors (Lipinski definition) is 1. The monoisotopic (exact) mass is 210 g/mol. The first kappa shape index (κ1) is 14.5. The van der Waals surface area contributed by atoms with E-state index in [4.69, 9.17) is 5.26 Å². The van der Waals surface area contributed by atoms with Gasteiger partial charge in [-0.1, -0.05) is 52.4 Å². The molecule has 0 bridgehead atoms. The molecule has 0 aliphatic heterocycles. The van der Waals surface area contributed by atoms with Gasteiger partial charge in [0, 0.05) is 0 Å². The van der Waals surface area contributed by atoms with E-state index in [-0.39, 0.29) is 6.04 Å². The molecule has 0 spiro atoms. The number of nitriles is 1. The van der Waals surface area contributed by atoms with Crippen molar-refractivity contribution in [2.45, 2.75) is 71.3 Å². The molecule has 0 saturated carbocycles. The highest BCUT2D eigenvalue weighted by atomic mass is 14.9. The fourth-order valence-electron chi connectivity index (χ4n) is 1.63. The summed E-state index contributed by atoms with van der Waals surface area (Å²) in [6.45, 7) is 5.40. The van der Waals surface area contributed by atoms with Gasteiger partial charge in [-0.05, 0) is 19.4 Å². The van der Waals surface area contributed by atoms with Gasteiger partial charge in [-0.2, -0.15) is 5.26 Å². The van der Waals surface area contributed by atoms with Gasteiger partial charge in [-0.25, -0.2) is 0 Å². The average Bonchev–Trinajstić information content (AvgIpc) is 2.27.